The Morgan fingerprint density at radius 1 is 0.966 bits per heavy atom. The van der Waals surface area contributed by atoms with Crippen LogP contribution < -0.4 is 10.5 Å². The maximum absolute atomic E-state index is 13.9. The van der Waals surface area contributed by atoms with Gasteiger partial charge >= 0.3 is 0 Å². The molecule has 0 amide bonds. The van der Waals surface area contributed by atoms with E-state index in [2.05, 4.69) is 15.1 Å². The summed E-state index contributed by atoms with van der Waals surface area (Å²) in [5, 5.41) is 4.36. The van der Waals surface area contributed by atoms with Gasteiger partial charge < -0.3 is 15.3 Å². The highest BCUT2D eigenvalue weighted by Crippen LogP contribution is 2.21. The zero-order chi connectivity index (χ0) is 20.1. The second-order valence-electron chi connectivity index (χ2n) is 6.16. The summed E-state index contributed by atoms with van der Waals surface area (Å²) in [5.74, 6) is 0.974. The molecule has 2 aromatic heterocycles. The summed E-state index contributed by atoms with van der Waals surface area (Å²) < 4.78 is 19.5. The minimum atomic E-state index is -0.330. The van der Waals surface area contributed by atoms with Crippen LogP contribution in [0.5, 0.6) is 11.6 Å². The first-order valence-electron chi connectivity index (χ1n) is 8.87. The van der Waals surface area contributed by atoms with Crippen LogP contribution in [0.25, 0.3) is 10.9 Å². The van der Waals surface area contributed by atoms with Crippen molar-refractivity contribution in [3.05, 3.63) is 96.1 Å². The quantitative estimate of drug-likeness (QED) is 0.301. The fourth-order valence-electron chi connectivity index (χ4n) is 2.74. The van der Waals surface area contributed by atoms with Gasteiger partial charge in [-0.3, -0.25) is 4.98 Å². The summed E-state index contributed by atoms with van der Waals surface area (Å²) in [7, 11) is 0. The van der Waals surface area contributed by atoms with E-state index in [1.807, 2.05) is 30.3 Å². The number of hydrogen-bond donors (Lipinski definition) is 1. The number of nitrogens with zero attached hydrogens (tertiary/aromatic N) is 3. The van der Waals surface area contributed by atoms with Crippen molar-refractivity contribution in [2.45, 2.75) is 6.61 Å². The third-order valence-corrected chi connectivity index (χ3v) is 4.18. The molecule has 0 saturated heterocycles. The van der Waals surface area contributed by atoms with Crippen LogP contribution >= 0.6 is 0 Å². The summed E-state index contributed by atoms with van der Waals surface area (Å²) in [6, 6.07) is 19.1. The number of hydrogen-bond acceptors (Lipinski definition) is 5. The molecule has 144 valence electrons. The molecule has 0 spiro atoms. The number of aromatic nitrogens is 2. The molecule has 0 fully saturated rings. The van der Waals surface area contributed by atoms with Gasteiger partial charge in [-0.25, -0.2) is 9.37 Å². The third-order valence-electron chi connectivity index (χ3n) is 4.18. The molecule has 0 aliphatic rings. The van der Waals surface area contributed by atoms with Crippen molar-refractivity contribution < 1.29 is 14.0 Å². The molecule has 0 unspecified atom stereocenters. The molecule has 0 aliphatic carbocycles. The Kier molecular flexibility index (Phi) is 5.29. The van der Waals surface area contributed by atoms with Crippen LogP contribution in [0.1, 0.15) is 11.1 Å². The largest absolute Gasteiger partial charge is 0.439 e. The number of fused-ring (bicyclic) bond motifs is 1. The lowest BCUT2D eigenvalue weighted by molar-refractivity contribution is 0.131. The number of amidine groups is 1. The van der Waals surface area contributed by atoms with Gasteiger partial charge in [0.2, 0.25) is 5.88 Å². The Balaban J connectivity index is 1.42. The van der Waals surface area contributed by atoms with E-state index < -0.39 is 0 Å². The van der Waals surface area contributed by atoms with Gasteiger partial charge in [0.25, 0.3) is 0 Å². The van der Waals surface area contributed by atoms with Crippen LogP contribution in [0.2, 0.25) is 0 Å². The highest BCUT2D eigenvalue weighted by Gasteiger charge is 2.08. The Labute approximate surface area is 166 Å². The molecule has 2 N–H and O–H groups in total. The Bertz CT molecular complexity index is 1150. The number of benzene rings is 2. The fourth-order valence-corrected chi connectivity index (χ4v) is 2.74. The van der Waals surface area contributed by atoms with Gasteiger partial charge in [0.15, 0.2) is 5.84 Å². The van der Waals surface area contributed by atoms with Crippen LogP contribution in [0.3, 0.4) is 0 Å². The van der Waals surface area contributed by atoms with E-state index in [0.29, 0.717) is 33.7 Å². The molecule has 29 heavy (non-hydrogen) atoms. The lowest BCUT2D eigenvalue weighted by Crippen LogP contribution is -2.14. The third kappa shape index (κ3) is 4.30. The lowest BCUT2D eigenvalue weighted by atomic mass is 10.1. The Morgan fingerprint density at radius 2 is 1.83 bits per heavy atom. The van der Waals surface area contributed by atoms with Gasteiger partial charge in [-0.15, -0.1) is 0 Å². The van der Waals surface area contributed by atoms with Crippen LogP contribution in [-0.4, -0.2) is 15.8 Å². The van der Waals surface area contributed by atoms with Crippen LogP contribution in [0.4, 0.5) is 4.39 Å². The van der Waals surface area contributed by atoms with E-state index in [4.69, 9.17) is 15.3 Å². The van der Waals surface area contributed by atoms with Crippen LogP contribution in [0.15, 0.2) is 84.3 Å². The predicted molar refractivity (Wildman–Crippen MR) is 108 cm³/mol. The number of oxime groups is 1. The van der Waals surface area contributed by atoms with Gasteiger partial charge in [-0.05, 0) is 36.4 Å². The SMILES string of the molecule is N/C(=N\OCc1ccc(F)c2cccnc12)c1ccc(Oc2ccccc2)nc1. The minimum Gasteiger partial charge on any atom is -0.439 e. The molecule has 0 radical (unpaired) electrons. The van der Waals surface area contributed by atoms with E-state index in [1.54, 1.807) is 42.7 Å². The molecule has 2 aromatic carbocycles. The lowest BCUT2D eigenvalue weighted by Gasteiger charge is -2.07. The van der Waals surface area contributed by atoms with Crippen molar-refractivity contribution in [1.29, 1.82) is 0 Å². The van der Waals surface area contributed by atoms with Crippen molar-refractivity contribution in [3.8, 4) is 11.6 Å². The highest BCUT2D eigenvalue weighted by atomic mass is 19.1. The molecular weight excluding hydrogens is 371 g/mol. The van der Waals surface area contributed by atoms with E-state index in [9.17, 15) is 4.39 Å². The zero-order valence-electron chi connectivity index (χ0n) is 15.3. The van der Waals surface area contributed by atoms with Crippen molar-refractivity contribution in [1.82, 2.24) is 9.97 Å². The van der Waals surface area contributed by atoms with E-state index in [-0.39, 0.29) is 18.3 Å². The number of halogens is 1. The molecule has 4 aromatic rings. The van der Waals surface area contributed by atoms with Crippen LogP contribution in [0, 0.1) is 5.82 Å². The van der Waals surface area contributed by atoms with Crippen molar-refractivity contribution in [3.63, 3.8) is 0 Å². The summed E-state index contributed by atoms with van der Waals surface area (Å²) in [6.45, 7) is 0.108. The number of para-hydroxylation sites is 1. The minimum absolute atomic E-state index is 0.108. The average molecular weight is 388 g/mol. The molecule has 0 bridgehead atoms. The van der Waals surface area contributed by atoms with Crippen molar-refractivity contribution in [2.24, 2.45) is 10.9 Å². The summed E-state index contributed by atoms with van der Waals surface area (Å²) in [5.41, 5.74) is 7.80. The van der Waals surface area contributed by atoms with Gasteiger partial charge in [-0.1, -0.05) is 29.4 Å². The second kappa shape index (κ2) is 8.35. The summed E-state index contributed by atoms with van der Waals surface area (Å²) in [6.07, 6.45) is 3.16. The van der Waals surface area contributed by atoms with Gasteiger partial charge in [-0.2, -0.15) is 0 Å². The molecule has 0 aliphatic heterocycles. The first kappa shape index (κ1) is 18.4. The predicted octanol–water partition coefficient (Wildman–Crippen LogP) is 4.40. The van der Waals surface area contributed by atoms with Crippen molar-refractivity contribution >= 4 is 16.7 Å². The monoisotopic (exact) mass is 388 g/mol. The highest BCUT2D eigenvalue weighted by molar-refractivity contribution is 5.96. The summed E-state index contributed by atoms with van der Waals surface area (Å²) in [4.78, 5) is 13.8. The van der Waals surface area contributed by atoms with Crippen LogP contribution in [-0.2, 0) is 11.4 Å². The smallest absolute Gasteiger partial charge is 0.219 e. The van der Waals surface area contributed by atoms with E-state index in [1.165, 1.54) is 6.07 Å². The second-order valence-corrected chi connectivity index (χ2v) is 6.16. The molecule has 4 rings (SSSR count). The average Bonchev–Trinajstić information content (AvgIpc) is 2.77. The fraction of sp³-hybridized carbons (Fsp3) is 0.0455. The summed E-state index contributed by atoms with van der Waals surface area (Å²) >= 11 is 0. The number of ether oxygens (including phenoxy) is 1. The first-order chi connectivity index (χ1) is 14.2. The van der Waals surface area contributed by atoms with Crippen molar-refractivity contribution in [2.75, 3.05) is 0 Å². The number of pyridine rings is 2. The first-order valence-corrected chi connectivity index (χ1v) is 8.87. The molecule has 7 heteroatoms. The maximum atomic E-state index is 13.9. The zero-order valence-corrected chi connectivity index (χ0v) is 15.3. The Morgan fingerprint density at radius 3 is 2.62 bits per heavy atom. The maximum Gasteiger partial charge on any atom is 0.219 e. The molecule has 0 atom stereocenters. The van der Waals surface area contributed by atoms with Gasteiger partial charge in [0, 0.05) is 35.0 Å². The molecule has 0 saturated carbocycles. The molecule has 2 heterocycles. The topological polar surface area (TPSA) is 82.6 Å². The standard InChI is InChI=1S/C22H17FN4O2/c23-19-10-8-16(21-18(19)7-4-12-25-21)14-28-27-22(24)15-9-11-20(26-13-15)29-17-5-2-1-3-6-17/h1-13H,14H2,(H2,24,27). The Hall–Kier alpha value is -4.00. The number of nitrogens with two attached hydrogens (primary N) is 1. The molecule has 6 nitrogen and oxygen atoms in total. The van der Waals surface area contributed by atoms with E-state index >= 15 is 0 Å². The van der Waals surface area contributed by atoms with Gasteiger partial charge in [0.1, 0.15) is 18.2 Å². The van der Waals surface area contributed by atoms with Gasteiger partial charge in [0.05, 0.1) is 5.52 Å². The number of rotatable bonds is 6. The van der Waals surface area contributed by atoms with E-state index in [0.717, 1.165) is 0 Å². The normalized spacial score (nSPS) is 11.4. The molecular formula is C22H17FN4O2.